The molecule has 1 N–H and O–H groups in total. The summed E-state index contributed by atoms with van der Waals surface area (Å²) in [6.07, 6.45) is 0.680. The van der Waals surface area contributed by atoms with E-state index in [9.17, 15) is 14.0 Å². The summed E-state index contributed by atoms with van der Waals surface area (Å²) in [5.41, 5.74) is 1.93. The van der Waals surface area contributed by atoms with Crippen LogP contribution in [-0.2, 0) is 4.79 Å². The second-order valence-corrected chi connectivity index (χ2v) is 6.94. The number of carbonyl (C=O) groups excluding carboxylic acids is 2. The Kier molecular flexibility index (Phi) is 6.56. The largest absolute Gasteiger partial charge is 0.325 e. The van der Waals surface area contributed by atoms with Crippen LogP contribution in [0.3, 0.4) is 0 Å². The van der Waals surface area contributed by atoms with Crippen LogP contribution in [0.25, 0.3) is 5.69 Å². The molecule has 0 radical (unpaired) electrons. The van der Waals surface area contributed by atoms with Gasteiger partial charge in [0.15, 0.2) is 5.69 Å². The van der Waals surface area contributed by atoms with Gasteiger partial charge >= 0.3 is 0 Å². The normalized spacial score (nSPS) is 11.7. The predicted octanol–water partition coefficient (Wildman–Crippen LogP) is 3.59. The van der Waals surface area contributed by atoms with Crippen molar-refractivity contribution < 1.29 is 14.0 Å². The number of aromatic nitrogens is 3. The van der Waals surface area contributed by atoms with E-state index in [-0.39, 0.29) is 23.3 Å². The first kappa shape index (κ1) is 21.2. The molecule has 1 unspecified atom stereocenters. The molecule has 0 saturated heterocycles. The van der Waals surface area contributed by atoms with Crippen molar-refractivity contribution in [2.45, 2.75) is 33.2 Å². The summed E-state index contributed by atoms with van der Waals surface area (Å²) in [6, 6.07) is 14.1. The molecule has 3 aromatic rings. The van der Waals surface area contributed by atoms with E-state index in [4.69, 9.17) is 0 Å². The van der Waals surface area contributed by atoms with Crippen molar-refractivity contribution in [2.24, 2.45) is 0 Å². The van der Waals surface area contributed by atoms with E-state index in [0.29, 0.717) is 30.0 Å². The highest BCUT2D eigenvalue weighted by molar-refractivity contribution is 6.00. The third kappa shape index (κ3) is 4.53. The van der Waals surface area contributed by atoms with E-state index >= 15 is 0 Å². The number of nitrogens with zero attached hydrogens (tertiary/aromatic N) is 4. The molecule has 7 nitrogen and oxygen atoms in total. The average Bonchev–Trinajstić information content (AvgIpc) is 3.13. The van der Waals surface area contributed by atoms with Crippen molar-refractivity contribution in [2.75, 3.05) is 11.9 Å². The van der Waals surface area contributed by atoms with Crippen LogP contribution in [0.5, 0.6) is 0 Å². The van der Waals surface area contributed by atoms with Crippen LogP contribution in [0.2, 0.25) is 0 Å². The lowest BCUT2D eigenvalue weighted by Gasteiger charge is -2.27. The van der Waals surface area contributed by atoms with Gasteiger partial charge in [-0.15, -0.1) is 5.10 Å². The number of benzene rings is 2. The van der Waals surface area contributed by atoms with Gasteiger partial charge in [-0.1, -0.05) is 30.3 Å². The number of halogens is 1. The summed E-state index contributed by atoms with van der Waals surface area (Å²) >= 11 is 0. The van der Waals surface area contributed by atoms with Gasteiger partial charge in [-0.3, -0.25) is 9.59 Å². The minimum atomic E-state index is -0.701. The molecule has 0 aliphatic heterocycles. The molecule has 0 fully saturated rings. The van der Waals surface area contributed by atoms with Crippen LogP contribution in [0, 0.1) is 12.7 Å². The Morgan fingerprint density at radius 1 is 1.13 bits per heavy atom. The van der Waals surface area contributed by atoms with E-state index in [1.54, 1.807) is 38.1 Å². The quantitative estimate of drug-likeness (QED) is 0.647. The van der Waals surface area contributed by atoms with Crippen molar-refractivity contribution >= 4 is 17.5 Å². The summed E-state index contributed by atoms with van der Waals surface area (Å²) in [5.74, 6) is -1.02. The molecule has 0 aliphatic carbocycles. The van der Waals surface area contributed by atoms with Crippen molar-refractivity contribution in [3.63, 3.8) is 0 Å². The zero-order valence-corrected chi connectivity index (χ0v) is 17.2. The first-order valence-corrected chi connectivity index (χ1v) is 9.77. The summed E-state index contributed by atoms with van der Waals surface area (Å²) in [6.45, 7) is 5.73. The second kappa shape index (κ2) is 9.30. The van der Waals surface area contributed by atoms with Crippen molar-refractivity contribution in [3.05, 3.63) is 71.8 Å². The van der Waals surface area contributed by atoms with Crippen molar-refractivity contribution in [1.29, 1.82) is 0 Å². The standard InChI is InChI=1S/C22H24FN5O2/c1-4-14-27(16(3)21(29)24-18-8-6-5-7-9-18)22(30)20-15(2)28(26-25-20)19-12-10-17(23)11-13-19/h5-13,16H,4,14H2,1-3H3,(H,24,29). The fourth-order valence-electron chi connectivity index (χ4n) is 3.11. The molecule has 156 valence electrons. The zero-order valence-electron chi connectivity index (χ0n) is 17.2. The number of rotatable bonds is 7. The lowest BCUT2D eigenvalue weighted by Crippen LogP contribution is -2.46. The SMILES string of the molecule is CCCN(C(=O)c1nnn(-c2ccc(F)cc2)c1C)C(C)C(=O)Nc1ccccc1. The molecule has 1 heterocycles. The Labute approximate surface area is 174 Å². The van der Waals surface area contributed by atoms with Crippen LogP contribution in [0.4, 0.5) is 10.1 Å². The first-order valence-electron chi connectivity index (χ1n) is 9.77. The van der Waals surface area contributed by atoms with Gasteiger partial charge in [0.1, 0.15) is 11.9 Å². The Bertz CT molecular complexity index is 1020. The van der Waals surface area contributed by atoms with E-state index < -0.39 is 6.04 Å². The number of nitrogens with one attached hydrogen (secondary N) is 1. The number of carbonyl (C=O) groups is 2. The maximum absolute atomic E-state index is 13.2. The minimum Gasteiger partial charge on any atom is -0.325 e. The van der Waals surface area contributed by atoms with Crippen LogP contribution in [0.15, 0.2) is 54.6 Å². The van der Waals surface area contributed by atoms with Crippen molar-refractivity contribution in [1.82, 2.24) is 19.9 Å². The van der Waals surface area contributed by atoms with Gasteiger partial charge in [0, 0.05) is 12.2 Å². The molecule has 2 aromatic carbocycles. The van der Waals surface area contributed by atoms with Crippen LogP contribution in [-0.4, -0.2) is 44.3 Å². The Morgan fingerprint density at radius 3 is 2.43 bits per heavy atom. The monoisotopic (exact) mass is 409 g/mol. The Balaban J connectivity index is 1.83. The topological polar surface area (TPSA) is 80.1 Å². The molecular weight excluding hydrogens is 385 g/mol. The second-order valence-electron chi connectivity index (χ2n) is 6.94. The fraction of sp³-hybridized carbons (Fsp3) is 0.273. The summed E-state index contributed by atoms with van der Waals surface area (Å²) < 4.78 is 14.7. The molecule has 2 amide bonds. The summed E-state index contributed by atoms with van der Waals surface area (Å²) in [4.78, 5) is 27.4. The van der Waals surface area contributed by atoms with E-state index in [1.807, 2.05) is 25.1 Å². The highest BCUT2D eigenvalue weighted by Gasteiger charge is 2.29. The van der Waals surface area contributed by atoms with Gasteiger partial charge in [-0.2, -0.15) is 0 Å². The van der Waals surface area contributed by atoms with Crippen LogP contribution >= 0.6 is 0 Å². The van der Waals surface area contributed by atoms with Gasteiger partial charge in [-0.25, -0.2) is 9.07 Å². The maximum atomic E-state index is 13.2. The third-order valence-electron chi connectivity index (χ3n) is 4.78. The maximum Gasteiger partial charge on any atom is 0.277 e. The lowest BCUT2D eigenvalue weighted by molar-refractivity contribution is -0.120. The smallest absolute Gasteiger partial charge is 0.277 e. The summed E-state index contributed by atoms with van der Waals surface area (Å²) in [5, 5.41) is 10.9. The molecule has 0 bridgehead atoms. The predicted molar refractivity (Wildman–Crippen MR) is 112 cm³/mol. The zero-order chi connectivity index (χ0) is 21.7. The van der Waals surface area contributed by atoms with Gasteiger partial charge in [0.2, 0.25) is 5.91 Å². The highest BCUT2D eigenvalue weighted by atomic mass is 19.1. The molecular formula is C22H24FN5O2. The van der Waals surface area contributed by atoms with Gasteiger partial charge < -0.3 is 10.2 Å². The number of para-hydroxylation sites is 1. The Hall–Kier alpha value is -3.55. The summed E-state index contributed by atoms with van der Waals surface area (Å²) in [7, 11) is 0. The van der Waals surface area contributed by atoms with E-state index in [1.165, 1.54) is 21.7 Å². The number of hydrogen-bond donors (Lipinski definition) is 1. The molecule has 1 aromatic heterocycles. The third-order valence-corrected chi connectivity index (χ3v) is 4.78. The molecule has 0 saturated carbocycles. The van der Waals surface area contributed by atoms with Gasteiger partial charge in [0.25, 0.3) is 5.91 Å². The molecule has 30 heavy (non-hydrogen) atoms. The molecule has 1 atom stereocenters. The number of hydrogen-bond acceptors (Lipinski definition) is 4. The number of amides is 2. The van der Waals surface area contributed by atoms with Crippen LogP contribution < -0.4 is 5.32 Å². The highest BCUT2D eigenvalue weighted by Crippen LogP contribution is 2.17. The molecule has 0 spiro atoms. The minimum absolute atomic E-state index is 0.159. The average molecular weight is 409 g/mol. The van der Waals surface area contributed by atoms with Gasteiger partial charge in [-0.05, 0) is 56.7 Å². The first-order chi connectivity index (χ1) is 14.4. The molecule has 8 heteroatoms. The van der Waals surface area contributed by atoms with Gasteiger partial charge in [0.05, 0.1) is 11.4 Å². The van der Waals surface area contributed by atoms with Crippen molar-refractivity contribution in [3.8, 4) is 5.69 Å². The molecule has 3 rings (SSSR count). The number of anilines is 1. The van der Waals surface area contributed by atoms with E-state index in [2.05, 4.69) is 15.6 Å². The fourth-order valence-corrected chi connectivity index (χ4v) is 3.11. The van der Waals surface area contributed by atoms with Crippen LogP contribution in [0.1, 0.15) is 36.5 Å². The Morgan fingerprint density at radius 2 is 1.80 bits per heavy atom. The van der Waals surface area contributed by atoms with E-state index in [0.717, 1.165) is 0 Å². The molecule has 0 aliphatic rings. The lowest BCUT2D eigenvalue weighted by atomic mass is 10.2.